The average molecular weight is 381 g/mol. The third-order valence-corrected chi connectivity index (χ3v) is 5.50. The molecule has 22 heavy (non-hydrogen) atoms. The second-order valence-electron chi connectivity index (χ2n) is 4.96. The molecule has 114 valence electrons. The Hall–Kier alpha value is -1.70. The summed E-state index contributed by atoms with van der Waals surface area (Å²) in [6, 6.07) is 10.0. The van der Waals surface area contributed by atoms with Crippen LogP contribution in [-0.2, 0) is 16.6 Å². The third-order valence-electron chi connectivity index (χ3n) is 3.42. The Morgan fingerprint density at radius 1 is 1.23 bits per heavy atom. The molecule has 0 bridgehead atoms. The maximum Gasteiger partial charge on any atom is 0.283 e. The normalized spacial score (nSPS) is 12.0. The van der Waals surface area contributed by atoms with Gasteiger partial charge in [-0.3, -0.25) is 0 Å². The molecular formula is C15H13BrN2O3S. The van der Waals surface area contributed by atoms with Crippen LogP contribution in [0.3, 0.4) is 0 Å². The smallest absolute Gasteiger partial charge is 0.283 e. The molecule has 0 fully saturated rings. The topological polar surface area (TPSA) is 72.2 Å². The van der Waals surface area contributed by atoms with Gasteiger partial charge in [0.2, 0.25) is 0 Å². The summed E-state index contributed by atoms with van der Waals surface area (Å²) >= 11 is 3.33. The highest BCUT2D eigenvalue weighted by Crippen LogP contribution is 2.27. The highest BCUT2D eigenvalue weighted by molar-refractivity contribution is 9.10. The zero-order valence-electron chi connectivity index (χ0n) is 11.7. The lowest BCUT2D eigenvalue weighted by atomic mass is 10.1. The minimum absolute atomic E-state index is 0.175. The SMILES string of the molecule is Cc1ccc(S(=O)(=O)n2ncc3c(CO)cc(Br)cc32)cc1. The van der Waals surface area contributed by atoms with Gasteiger partial charge in [0.15, 0.2) is 0 Å². The largest absolute Gasteiger partial charge is 0.392 e. The first-order chi connectivity index (χ1) is 10.4. The van der Waals surface area contributed by atoms with Crippen LogP contribution in [0.15, 0.2) is 52.0 Å². The number of nitrogens with zero attached hydrogens (tertiary/aromatic N) is 2. The maximum absolute atomic E-state index is 12.8. The number of aliphatic hydroxyl groups excluding tert-OH is 1. The van der Waals surface area contributed by atoms with Crippen molar-refractivity contribution in [2.45, 2.75) is 18.4 Å². The second-order valence-corrected chi connectivity index (χ2v) is 7.64. The van der Waals surface area contributed by atoms with Crippen LogP contribution < -0.4 is 0 Å². The van der Waals surface area contributed by atoms with Crippen LogP contribution in [0.25, 0.3) is 10.9 Å². The summed E-state index contributed by atoms with van der Waals surface area (Å²) in [5, 5.41) is 14.0. The average Bonchev–Trinajstić information content (AvgIpc) is 2.91. The second kappa shape index (κ2) is 5.49. The van der Waals surface area contributed by atoms with Gasteiger partial charge >= 0.3 is 0 Å². The quantitative estimate of drug-likeness (QED) is 0.757. The van der Waals surface area contributed by atoms with Crippen molar-refractivity contribution in [1.82, 2.24) is 9.19 Å². The van der Waals surface area contributed by atoms with Crippen molar-refractivity contribution < 1.29 is 13.5 Å². The highest BCUT2D eigenvalue weighted by Gasteiger charge is 2.21. The van der Waals surface area contributed by atoms with E-state index in [0.29, 0.717) is 20.9 Å². The van der Waals surface area contributed by atoms with Gasteiger partial charge in [-0.1, -0.05) is 33.6 Å². The van der Waals surface area contributed by atoms with Gasteiger partial charge in [-0.15, -0.1) is 0 Å². The van der Waals surface area contributed by atoms with Crippen LogP contribution in [0.5, 0.6) is 0 Å². The Bertz CT molecular complexity index is 947. The maximum atomic E-state index is 12.8. The molecular weight excluding hydrogens is 368 g/mol. The third kappa shape index (κ3) is 2.45. The van der Waals surface area contributed by atoms with Gasteiger partial charge in [-0.2, -0.15) is 17.6 Å². The van der Waals surface area contributed by atoms with E-state index in [2.05, 4.69) is 21.0 Å². The lowest BCUT2D eigenvalue weighted by Crippen LogP contribution is -2.14. The molecule has 0 amide bonds. The van der Waals surface area contributed by atoms with Gasteiger partial charge in [-0.05, 0) is 36.8 Å². The Balaban J connectivity index is 2.26. The number of rotatable bonds is 3. The van der Waals surface area contributed by atoms with Gasteiger partial charge in [-0.25, -0.2) is 0 Å². The number of hydrogen-bond acceptors (Lipinski definition) is 4. The van der Waals surface area contributed by atoms with Crippen molar-refractivity contribution in [3.8, 4) is 0 Å². The summed E-state index contributed by atoms with van der Waals surface area (Å²) in [4.78, 5) is 0.175. The molecule has 0 aliphatic rings. The first-order valence-electron chi connectivity index (χ1n) is 6.53. The number of benzene rings is 2. The summed E-state index contributed by atoms with van der Waals surface area (Å²) in [6.07, 6.45) is 1.46. The molecule has 0 saturated heterocycles. The fourth-order valence-corrected chi connectivity index (χ4v) is 4.02. The molecule has 0 atom stereocenters. The Labute approximate surface area is 136 Å². The molecule has 3 rings (SSSR count). The number of fused-ring (bicyclic) bond motifs is 1. The molecule has 1 N–H and O–H groups in total. The van der Waals surface area contributed by atoms with Crippen LogP contribution in [0.4, 0.5) is 0 Å². The fraction of sp³-hybridized carbons (Fsp3) is 0.133. The Morgan fingerprint density at radius 2 is 1.91 bits per heavy atom. The number of halogens is 1. The number of hydrogen-bond donors (Lipinski definition) is 1. The van der Waals surface area contributed by atoms with Gasteiger partial charge in [0.05, 0.1) is 23.2 Å². The van der Waals surface area contributed by atoms with Crippen LogP contribution in [0.2, 0.25) is 0 Å². The van der Waals surface area contributed by atoms with Crippen molar-refractivity contribution in [1.29, 1.82) is 0 Å². The molecule has 2 aromatic carbocycles. The van der Waals surface area contributed by atoms with Crippen LogP contribution in [0, 0.1) is 6.92 Å². The van der Waals surface area contributed by atoms with E-state index in [1.807, 2.05) is 6.92 Å². The van der Waals surface area contributed by atoms with E-state index in [9.17, 15) is 13.5 Å². The van der Waals surface area contributed by atoms with Crippen molar-refractivity contribution >= 4 is 36.9 Å². The first-order valence-corrected chi connectivity index (χ1v) is 8.76. The summed E-state index contributed by atoms with van der Waals surface area (Å²) < 4.78 is 27.2. The first kappa shape index (κ1) is 15.2. The predicted octanol–water partition coefficient (Wildman–Crippen LogP) is 2.84. The minimum Gasteiger partial charge on any atom is -0.392 e. The van der Waals surface area contributed by atoms with Crippen molar-refractivity contribution in [2.75, 3.05) is 0 Å². The predicted molar refractivity (Wildman–Crippen MR) is 87.1 cm³/mol. The zero-order chi connectivity index (χ0) is 15.9. The summed E-state index contributed by atoms with van der Waals surface area (Å²) in [7, 11) is -3.78. The minimum atomic E-state index is -3.78. The molecule has 5 nitrogen and oxygen atoms in total. The summed E-state index contributed by atoms with van der Waals surface area (Å²) in [5.41, 5.74) is 2.03. The molecule has 0 radical (unpaired) electrons. The lowest BCUT2D eigenvalue weighted by Gasteiger charge is -2.07. The Morgan fingerprint density at radius 3 is 2.55 bits per heavy atom. The van der Waals surface area contributed by atoms with Crippen LogP contribution in [-0.4, -0.2) is 22.7 Å². The van der Waals surface area contributed by atoms with Crippen molar-refractivity contribution in [3.63, 3.8) is 0 Å². The summed E-state index contributed by atoms with van der Waals surface area (Å²) in [5.74, 6) is 0. The Kier molecular flexibility index (Phi) is 3.80. The van der Waals surface area contributed by atoms with Gasteiger partial charge in [0.1, 0.15) is 0 Å². The molecule has 0 aliphatic carbocycles. The lowest BCUT2D eigenvalue weighted by molar-refractivity contribution is 0.283. The molecule has 7 heteroatoms. The van der Waals surface area contributed by atoms with Crippen LogP contribution >= 0.6 is 15.9 Å². The van der Waals surface area contributed by atoms with Crippen molar-refractivity contribution in [2.24, 2.45) is 0 Å². The van der Waals surface area contributed by atoms with E-state index in [0.717, 1.165) is 9.65 Å². The van der Waals surface area contributed by atoms with E-state index in [4.69, 9.17) is 0 Å². The number of aryl methyl sites for hydroxylation is 1. The van der Waals surface area contributed by atoms with E-state index in [-0.39, 0.29) is 11.5 Å². The van der Waals surface area contributed by atoms with Gasteiger partial charge in [0, 0.05) is 9.86 Å². The standard InChI is InChI=1S/C15H13BrN2O3S/c1-10-2-4-13(5-3-10)22(20,21)18-15-7-12(16)6-11(9-19)14(15)8-17-18/h2-8,19H,9H2,1H3. The molecule has 1 heterocycles. The van der Waals surface area contributed by atoms with Gasteiger partial charge < -0.3 is 5.11 Å². The highest BCUT2D eigenvalue weighted by atomic mass is 79.9. The molecule has 1 aromatic heterocycles. The molecule has 0 unspecified atom stereocenters. The molecule has 3 aromatic rings. The van der Waals surface area contributed by atoms with E-state index < -0.39 is 10.0 Å². The zero-order valence-corrected chi connectivity index (χ0v) is 14.1. The molecule has 0 aliphatic heterocycles. The van der Waals surface area contributed by atoms with E-state index in [1.165, 1.54) is 6.20 Å². The van der Waals surface area contributed by atoms with Gasteiger partial charge in [0.25, 0.3) is 10.0 Å². The van der Waals surface area contributed by atoms with E-state index >= 15 is 0 Å². The molecule has 0 spiro atoms. The van der Waals surface area contributed by atoms with E-state index in [1.54, 1.807) is 36.4 Å². The monoisotopic (exact) mass is 380 g/mol. The molecule has 0 saturated carbocycles. The summed E-state index contributed by atoms with van der Waals surface area (Å²) in [6.45, 7) is 1.70. The number of aromatic nitrogens is 2. The van der Waals surface area contributed by atoms with Crippen LogP contribution in [0.1, 0.15) is 11.1 Å². The van der Waals surface area contributed by atoms with Crippen molar-refractivity contribution in [3.05, 3.63) is 58.2 Å². The number of aliphatic hydroxyl groups is 1. The fourth-order valence-electron chi connectivity index (χ4n) is 2.27.